The van der Waals surface area contributed by atoms with Crippen molar-refractivity contribution in [3.05, 3.63) is 83.4 Å². The summed E-state index contributed by atoms with van der Waals surface area (Å²) in [5.41, 5.74) is 2.52. The molecule has 0 saturated carbocycles. The van der Waals surface area contributed by atoms with Crippen LogP contribution in [0.5, 0.6) is 5.75 Å². The Morgan fingerprint density at radius 1 is 1.06 bits per heavy atom. The van der Waals surface area contributed by atoms with Gasteiger partial charge in [-0.15, -0.1) is 11.8 Å². The first kappa shape index (κ1) is 22.4. The highest BCUT2D eigenvalue weighted by Crippen LogP contribution is 2.26. The summed E-state index contributed by atoms with van der Waals surface area (Å²) < 4.78 is 23.4. The highest BCUT2D eigenvalue weighted by Gasteiger charge is 2.15. The smallest absolute Gasteiger partial charge is 0.255 e. The van der Waals surface area contributed by atoms with Gasteiger partial charge in [0.1, 0.15) is 10.6 Å². The van der Waals surface area contributed by atoms with E-state index in [1.807, 2.05) is 24.3 Å². The molecule has 1 amide bonds. The van der Waals surface area contributed by atoms with E-state index >= 15 is 0 Å². The van der Waals surface area contributed by atoms with Gasteiger partial charge >= 0.3 is 0 Å². The van der Waals surface area contributed by atoms with E-state index in [0.29, 0.717) is 11.1 Å². The molecule has 0 atom stereocenters. The molecular weight excluding hydrogens is 432 g/mol. The minimum absolute atomic E-state index is 0.237. The van der Waals surface area contributed by atoms with Gasteiger partial charge in [0.25, 0.3) is 5.91 Å². The third-order valence-electron chi connectivity index (χ3n) is 4.48. The van der Waals surface area contributed by atoms with Crippen LogP contribution < -0.4 is 5.32 Å². The van der Waals surface area contributed by atoms with E-state index in [1.54, 1.807) is 36.0 Å². The highest BCUT2D eigenvalue weighted by molar-refractivity contribution is 7.99. The number of aryl methyl sites for hydroxylation is 1. The molecule has 0 radical (unpaired) electrons. The van der Waals surface area contributed by atoms with Gasteiger partial charge in [0.05, 0.1) is 11.6 Å². The number of carbonyl (C=O) groups excluding carboxylic acids is 1. The zero-order valence-corrected chi connectivity index (χ0v) is 18.3. The molecule has 0 fully saturated rings. The Hall–Kier alpha value is -3.28. The van der Waals surface area contributed by atoms with Crippen LogP contribution in [0.1, 0.15) is 21.5 Å². The first-order chi connectivity index (χ1) is 14.8. The summed E-state index contributed by atoms with van der Waals surface area (Å²) in [7, 11) is -3.61. The fraction of sp³-hybridized carbons (Fsp3) is 0.130. The van der Waals surface area contributed by atoms with Crippen molar-refractivity contribution < 1.29 is 18.3 Å². The molecule has 0 bridgehead atoms. The summed E-state index contributed by atoms with van der Waals surface area (Å²) in [6, 6.07) is 20.6. The Labute approximate surface area is 185 Å². The van der Waals surface area contributed by atoms with E-state index in [9.17, 15) is 18.3 Å². The van der Waals surface area contributed by atoms with Gasteiger partial charge in [-0.1, -0.05) is 12.1 Å². The maximum atomic E-state index is 12.5. The van der Waals surface area contributed by atoms with Gasteiger partial charge in [0.2, 0.25) is 0 Å². The quantitative estimate of drug-likeness (QED) is 0.410. The van der Waals surface area contributed by atoms with Crippen molar-refractivity contribution in [3.63, 3.8) is 0 Å². The minimum atomic E-state index is -3.61. The number of sulfone groups is 1. The maximum Gasteiger partial charge on any atom is 0.255 e. The molecule has 3 aromatic rings. The number of hydrogen-bond acceptors (Lipinski definition) is 6. The van der Waals surface area contributed by atoms with Crippen LogP contribution in [0, 0.1) is 11.3 Å². The zero-order chi connectivity index (χ0) is 22.4. The molecule has 8 heteroatoms. The van der Waals surface area contributed by atoms with Crippen LogP contribution in [-0.2, 0) is 16.3 Å². The van der Waals surface area contributed by atoms with E-state index in [4.69, 9.17) is 5.26 Å². The number of hydrogen-bond donors (Lipinski definition) is 2. The van der Waals surface area contributed by atoms with Gasteiger partial charge in [-0.2, -0.15) is 5.26 Å². The van der Waals surface area contributed by atoms with Crippen molar-refractivity contribution in [2.24, 2.45) is 0 Å². The summed E-state index contributed by atoms with van der Waals surface area (Å²) in [6.07, 6.45) is 1.85. The van der Waals surface area contributed by atoms with E-state index in [1.165, 1.54) is 18.2 Å². The first-order valence-corrected chi connectivity index (χ1v) is 12.2. The number of rotatable bonds is 7. The van der Waals surface area contributed by atoms with E-state index in [2.05, 4.69) is 11.4 Å². The molecule has 0 saturated heterocycles. The number of amides is 1. The van der Waals surface area contributed by atoms with Crippen molar-refractivity contribution in [1.29, 1.82) is 5.26 Å². The van der Waals surface area contributed by atoms with Gasteiger partial charge in [0, 0.05) is 28.2 Å². The summed E-state index contributed by atoms with van der Waals surface area (Å²) in [5, 5.41) is 21.2. The van der Waals surface area contributed by atoms with Gasteiger partial charge in [-0.3, -0.25) is 4.79 Å². The van der Waals surface area contributed by atoms with Crippen molar-refractivity contribution in [3.8, 4) is 11.8 Å². The van der Waals surface area contributed by atoms with Crippen molar-refractivity contribution in [2.45, 2.75) is 16.2 Å². The topological polar surface area (TPSA) is 107 Å². The maximum absolute atomic E-state index is 12.5. The molecule has 0 unspecified atom stereocenters. The predicted octanol–water partition coefficient (Wildman–Crippen LogP) is 4.25. The van der Waals surface area contributed by atoms with Crippen LogP contribution in [0.4, 0.5) is 5.69 Å². The number of phenols is 1. The predicted molar refractivity (Wildman–Crippen MR) is 121 cm³/mol. The Morgan fingerprint density at radius 2 is 1.74 bits per heavy atom. The Kier molecular flexibility index (Phi) is 7.00. The molecule has 0 aliphatic carbocycles. The number of nitrogens with one attached hydrogen (secondary N) is 1. The fourth-order valence-corrected chi connectivity index (χ4v) is 4.52. The molecule has 2 N–H and O–H groups in total. The molecule has 0 spiro atoms. The number of anilines is 1. The lowest BCUT2D eigenvalue weighted by Gasteiger charge is -2.09. The van der Waals surface area contributed by atoms with Gasteiger partial charge in [0.15, 0.2) is 9.84 Å². The second-order valence-corrected chi connectivity index (χ2v) is 9.99. The van der Waals surface area contributed by atoms with Crippen molar-refractivity contribution in [1.82, 2.24) is 0 Å². The second kappa shape index (κ2) is 9.69. The SMILES string of the molecule is CS(=O)(=O)c1cc(NC(=O)c2ccc(SCCc3ccc(C#N)cc3)cc2)ccc1O. The molecular formula is C23H20N2O4S2. The average Bonchev–Trinajstić information content (AvgIpc) is 2.75. The average molecular weight is 453 g/mol. The first-order valence-electron chi connectivity index (χ1n) is 9.32. The molecule has 31 heavy (non-hydrogen) atoms. The van der Waals surface area contributed by atoms with Crippen LogP contribution >= 0.6 is 11.8 Å². The van der Waals surface area contributed by atoms with Crippen LogP contribution in [-0.4, -0.2) is 31.4 Å². The number of benzene rings is 3. The largest absolute Gasteiger partial charge is 0.507 e. The van der Waals surface area contributed by atoms with Crippen molar-refractivity contribution >= 4 is 33.2 Å². The summed E-state index contributed by atoms with van der Waals surface area (Å²) in [5.74, 6) is 0.126. The Balaban J connectivity index is 1.58. The van der Waals surface area contributed by atoms with E-state index in [-0.39, 0.29) is 22.2 Å². The summed E-state index contributed by atoms with van der Waals surface area (Å²) in [4.78, 5) is 13.3. The van der Waals surface area contributed by atoms with Gasteiger partial charge in [-0.05, 0) is 66.6 Å². The normalized spacial score (nSPS) is 11.0. The zero-order valence-electron chi connectivity index (χ0n) is 16.7. The molecule has 6 nitrogen and oxygen atoms in total. The van der Waals surface area contributed by atoms with E-state index in [0.717, 1.165) is 28.9 Å². The molecule has 3 aromatic carbocycles. The number of aromatic hydroxyl groups is 1. The van der Waals surface area contributed by atoms with E-state index < -0.39 is 9.84 Å². The van der Waals surface area contributed by atoms with Gasteiger partial charge in [-0.25, -0.2) is 8.42 Å². The van der Waals surface area contributed by atoms with Crippen LogP contribution in [0.15, 0.2) is 76.5 Å². The summed E-state index contributed by atoms with van der Waals surface area (Å²) in [6.45, 7) is 0. The monoisotopic (exact) mass is 452 g/mol. The lowest BCUT2D eigenvalue weighted by Crippen LogP contribution is -2.12. The number of nitriles is 1. The standard InChI is InChI=1S/C23H20N2O4S2/c1-31(28,29)22-14-19(8-11-21(22)26)25-23(27)18-6-9-20(10-7-18)30-13-12-16-2-4-17(15-24)5-3-16/h2-11,14,26H,12-13H2,1H3,(H,25,27). The van der Waals surface area contributed by atoms with Crippen LogP contribution in [0.3, 0.4) is 0 Å². The molecule has 158 valence electrons. The summed E-state index contributed by atoms with van der Waals surface area (Å²) >= 11 is 1.66. The highest BCUT2D eigenvalue weighted by atomic mass is 32.2. The number of phenolic OH excluding ortho intramolecular Hbond substituents is 1. The number of carbonyl (C=O) groups is 1. The van der Waals surface area contributed by atoms with Crippen LogP contribution in [0.25, 0.3) is 0 Å². The fourth-order valence-electron chi connectivity index (χ4n) is 2.83. The Bertz CT molecular complexity index is 1230. The van der Waals surface area contributed by atoms with Gasteiger partial charge < -0.3 is 10.4 Å². The molecule has 0 aliphatic rings. The molecule has 0 aromatic heterocycles. The Morgan fingerprint density at radius 3 is 2.35 bits per heavy atom. The molecule has 3 rings (SSSR count). The second-order valence-electron chi connectivity index (χ2n) is 6.84. The number of nitrogens with zero attached hydrogens (tertiary/aromatic N) is 1. The van der Waals surface area contributed by atoms with Crippen molar-refractivity contribution in [2.75, 3.05) is 17.3 Å². The molecule has 0 aliphatic heterocycles. The minimum Gasteiger partial charge on any atom is -0.507 e. The number of thioether (sulfide) groups is 1. The third-order valence-corrected chi connectivity index (χ3v) is 6.62. The molecule has 0 heterocycles. The van der Waals surface area contributed by atoms with Crippen LogP contribution in [0.2, 0.25) is 0 Å². The lowest BCUT2D eigenvalue weighted by molar-refractivity contribution is 0.102. The lowest BCUT2D eigenvalue weighted by atomic mass is 10.1. The third kappa shape index (κ3) is 6.10.